The van der Waals surface area contributed by atoms with Gasteiger partial charge in [0.25, 0.3) is 0 Å². The Hall–Kier alpha value is -4.21. The number of aliphatic hydroxyl groups excluding tert-OH is 1. The molecule has 1 saturated heterocycles. The number of amides is 1. The van der Waals surface area contributed by atoms with Gasteiger partial charge in [0.15, 0.2) is 36.4 Å². The first-order chi connectivity index (χ1) is 21.2. The Morgan fingerprint density at radius 3 is 1.91 bits per heavy atom. The summed E-state index contributed by atoms with van der Waals surface area (Å²) in [7, 11) is 2.68. The largest absolute Gasteiger partial charge is 0.497 e. The molecule has 242 valence electrons. The maximum absolute atomic E-state index is 13.4. The Morgan fingerprint density at radius 2 is 1.43 bits per heavy atom. The molecule has 0 unspecified atom stereocenters. The molecule has 15 heteroatoms. The van der Waals surface area contributed by atoms with Crippen LogP contribution in [0.3, 0.4) is 0 Å². The number of esters is 4. The van der Waals surface area contributed by atoms with Gasteiger partial charge in [0, 0.05) is 12.8 Å². The van der Waals surface area contributed by atoms with Gasteiger partial charge in [-0.1, -0.05) is 12.2 Å². The zero-order chi connectivity index (χ0) is 32.2. The smallest absolute Gasteiger partial charge is 0.412 e. The summed E-state index contributed by atoms with van der Waals surface area (Å²) < 4.78 is 43.2. The molecule has 2 aliphatic rings. The van der Waals surface area contributed by atoms with Crippen LogP contribution in [0.2, 0.25) is 0 Å². The summed E-state index contributed by atoms with van der Waals surface area (Å²) in [6.07, 6.45) is -6.25. The van der Waals surface area contributed by atoms with Crippen LogP contribution in [0.4, 0.5) is 10.5 Å². The standard InChI is InChI=1S/C29H37NO14/c1-5-39-24(32)18-9-7-8-10-19(25(33)40-6-2)27(35)43-23-22(42-26(18)34)21(20(15-31)41-28(23)38-4)44-29(36)30-16-11-13-17(37-3)14-12-16/h7-8,11-14,18-23,28,31H,5-6,9-10,15H2,1-4H3,(H,30,36)/b8-7+/t18-,19-,20-,21-,22+,23-,28+/m1/s1. The molecule has 2 aliphatic heterocycles. The van der Waals surface area contributed by atoms with E-state index in [2.05, 4.69) is 5.32 Å². The van der Waals surface area contributed by atoms with Gasteiger partial charge in [0.05, 0.1) is 26.9 Å². The third kappa shape index (κ3) is 8.67. The lowest BCUT2D eigenvalue weighted by Crippen LogP contribution is -2.63. The molecule has 1 aromatic rings. The minimum atomic E-state index is -1.67. The predicted octanol–water partition coefficient (Wildman–Crippen LogP) is 1.51. The maximum Gasteiger partial charge on any atom is 0.412 e. The quantitative estimate of drug-likeness (QED) is 0.174. The van der Waals surface area contributed by atoms with Crippen molar-refractivity contribution in [1.82, 2.24) is 0 Å². The van der Waals surface area contributed by atoms with E-state index in [1.165, 1.54) is 38.5 Å². The van der Waals surface area contributed by atoms with Crippen molar-refractivity contribution in [3.63, 3.8) is 0 Å². The summed E-state index contributed by atoms with van der Waals surface area (Å²) in [5.74, 6) is -6.27. The second-order valence-electron chi connectivity index (χ2n) is 9.54. The van der Waals surface area contributed by atoms with Crippen molar-refractivity contribution in [2.75, 3.05) is 39.4 Å². The molecular weight excluding hydrogens is 586 g/mol. The average molecular weight is 624 g/mol. The van der Waals surface area contributed by atoms with Crippen LogP contribution in [0.25, 0.3) is 0 Å². The number of anilines is 1. The molecule has 44 heavy (non-hydrogen) atoms. The zero-order valence-electron chi connectivity index (χ0n) is 24.8. The molecule has 0 spiro atoms. The number of nitrogens with one attached hydrogen (secondary N) is 1. The molecule has 15 nitrogen and oxygen atoms in total. The number of rotatable bonds is 9. The lowest BCUT2D eigenvalue weighted by atomic mass is 9.96. The third-order valence-corrected chi connectivity index (χ3v) is 6.71. The van der Waals surface area contributed by atoms with Crippen LogP contribution in [-0.4, -0.2) is 99.8 Å². The van der Waals surface area contributed by atoms with Crippen molar-refractivity contribution < 1.29 is 67.0 Å². The molecule has 0 aliphatic carbocycles. The van der Waals surface area contributed by atoms with Gasteiger partial charge >= 0.3 is 30.0 Å². The van der Waals surface area contributed by atoms with E-state index in [-0.39, 0.29) is 26.1 Å². The van der Waals surface area contributed by atoms with Crippen LogP contribution in [0, 0.1) is 11.8 Å². The molecule has 0 bridgehead atoms. The van der Waals surface area contributed by atoms with E-state index in [0.29, 0.717) is 11.4 Å². The van der Waals surface area contributed by atoms with Crippen molar-refractivity contribution in [1.29, 1.82) is 0 Å². The van der Waals surface area contributed by atoms with Crippen molar-refractivity contribution in [3.05, 3.63) is 36.4 Å². The Morgan fingerprint density at radius 1 is 0.886 bits per heavy atom. The first-order valence-corrected chi connectivity index (χ1v) is 14.0. The Labute approximate surface area is 253 Å². The number of aliphatic hydroxyl groups is 1. The molecule has 0 radical (unpaired) electrons. The van der Waals surface area contributed by atoms with Gasteiger partial charge in [0.2, 0.25) is 0 Å². The van der Waals surface area contributed by atoms with Crippen molar-refractivity contribution >= 4 is 35.7 Å². The SMILES string of the molecule is CCOC(=O)[C@H]1C/C=C/C[C@H](C(=O)OCC)C(=O)O[C@H]2[C@@H](OC)O[C@H](CO)[C@@H](OC(=O)Nc3ccc(OC)cc3)[C@@H]2OC1=O. The normalized spacial score (nSPS) is 28.0. The maximum atomic E-state index is 13.4. The van der Waals surface area contributed by atoms with Crippen molar-refractivity contribution in [2.24, 2.45) is 11.8 Å². The topological polar surface area (TPSA) is 191 Å². The number of allylic oxidation sites excluding steroid dienone is 2. The number of carbonyl (C=O) groups is 5. The van der Waals surface area contributed by atoms with Gasteiger partial charge < -0.3 is 43.0 Å². The lowest BCUT2D eigenvalue weighted by molar-refractivity contribution is -0.300. The number of hydrogen-bond donors (Lipinski definition) is 2. The monoisotopic (exact) mass is 623 g/mol. The molecular formula is C29H37NO14. The summed E-state index contributed by atoms with van der Waals surface area (Å²) >= 11 is 0. The van der Waals surface area contributed by atoms with Gasteiger partial charge in [-0.3, -0.25) is 24.5 Å². The second-order valence-corrected chi connectivity index (χ2v) is 9.54. The first-order valence-electron chi connectivity index (χ1n) is 14.0. The summed E-state index contributed by atoms with van der Waals surface area (Å²) in [6, 6.07) is 6.26. The lowest BCUT2D eigenvalue weighted by Gasteiger charge is -2.44. The number of ether oxygens (including phenoxy) is 8. The Balaban J connectivity index is 2.02. The van der Waals surface area contributed by atoms with E-state index in [4.69, 9.17) is 37.9 Å². The number of fused-ring (bicyclic) bond motifs is 1. The van der Waals surface area contributed by atoms with Crippen LogP contribution in [-0.2, 0) is 52.3 Å². The van der Waals surface area contributed by atoms with Gasteiger partial charge in [-0.2, -0.15) is 0 Å². The van der Waals surface area contributed by atoms with Gasteiger partial charge in [-0.15, -0.1) is 0 Å². The molecule has 2 heterocycles. The fourth-order valence-electron chi connectivity index (χ4n) is 4.52. The molecule has 2 N–H and O–H groups in total. The molecule has 3 rings (SSSR count). The summed E-state index contributed by atoms with van der Waals surface area (Å²) in [5, 5.41) is 12.6. The van der Waals surface area contributed by atoms with Crippen LogP contribution >= 0.6 is 0 Å². The molecule has 1 fully saturated rings. The van der Waals surface area contributed by atoms with Gasteiger partial charge in [-0.05, 0) is 51.0 Å². The number of hydrogen-bond acceptors (Lipinski definition) is 14. The fraction of sp³-hybridized carbons (Fsp3) is 0.552. The van der Waals surface area contributed by atoms with Crippen molar-refractivity contribution in [3.8, 4) is 5.75 Å². The van der Waals surface area contributed by atoms with Crippen molar-refractivity contribution in [2.45, 2.75) is 57.4 Å². The highest BCUT2D eigenvalue weighted by molar-refractivity contribution is 5.96. The van der Waals surface area contributed by atoms with E-state index in [9.17, 15) is 29.1 Å². The predicted molar refractivity (Wildman–Crippen MR) is 148 cm³/mol. The minimum absolute atomic E-state index is 0.0118. The average Bonchev–Trinajstić information content (AvgIpc) is 3.00. The molecule has 7 atom stereocenters. The Kier molecular flexibility index (Phi) is 12.9. The second kappa shape index (κ2) is 16.6. The first kappa shape index (κ1) is 34.3. The molecule has 1 amide bonds. The summed E-state index contributed by atoms with van der Waals surface area (Å²) in [6.45, 7) is 2.35. The van der Waals surface area contributed by atoms with E-state index in [0.717, 1.165) is 0 Å². The van der Waals surface area contributed by atoms with Crippen LogP contribution in [0.1, 0.15) is 26.7 Å². The van der Waals surface area contributed by atoms with Crippen LogP contribution < -0.4 is 10.1 Å². The van der Waals surface area contributed by atoms with Gasteiger partial charge in [-0.25, -0.2) is 4.79 Å². The molecule has 1 aromatic carbocycles. The highest BCUT2D eigenvalue weighted by Gasteiger charge is 2.54. The molecule has 0 saturated carbocycles. The van der Waals surface area contributed by atoms with Crippen LogP contribution in [0.5, 0.6) is 5.75 Å². The summed E-state index contributed by atoms with van der Waals surface area (Å²) in [4.78, 5) is 65.1. The van der Waals surface area contributed by atoms with E-state index >= 15 is 0 Å². The summed E-state index contributed by atoms with van der Waals surface area (Å²) in [5.41, 5.74) is 0.313. The van der Waals surface area contributed by atoms with E-state index < -0.39 is 79.1 Å². The fourth-order valence-corrected chi connectivity index (χ4v) is 4.52. The van der Waals surface area contributed by atoms with E-state index in [1.54, 1.807) is 26.0 Å². The van der Waals surface area contributed by atoms with Gasteiger partial charge in [0.1, 0.15) is 11.9 Å². The molecule has 0 aromatic heterocycles. The van der Waals surface area contributed by atoms with Crippen LogP contribution in [0.15, 0.2) is 36.4 Å². The zero-order valence-corrected chi connectivity index (χ0v) is 24.8. The highest BCUT2D eigenvalue weighted by Crippen LogP contribution is 2.32. The highest BCUT2D eigenvalue weighted by atomic mass is 16.7. The number of methoxy groups -OCH3 is 2. The van der Waals surface area contributed by atoms with E-state index in [1.807, 2.05) is 0 Å². The minimum Gasteiger partial charge on any atom is -0.497 e. The Bertz CT molecular complexity index is 1190. The number of benzene rings is 1. The third-order valence-electron chi connectivity index (χ3n) is 6.71. The number of carbonyl (C=O) groups excluding carboxylic acids is 5.